The molecule has 0 aliphatic carbocycles. The molecule has 0 aliphatic heterocycles. The van der Waals surface area contributed by atoms with Gasteiger partial charge in [-0.1, -0.05) is 30.3 Å². The maximum atomic E-state index is 4.19. The highest BCUT2D eigenvalue weighted by molar-refractivity contribution is 5.55. The first-order chi connectivity index (χ1) is 11.5. The van der Waals surface area contributed by atoms with Crippen molar-refractivity contribution in [3.63, 3.8) is 0 Å². The summed E-state index contributed by atoms with van der Waals surface area (Å²) in [6.07, 6.45) is 1.69. The average molecular weight is 320 g/mol. The standard InChI is InChI=1S/C18H20N6/c1-18(2,3)20-12-13-7-9-14(10-8-13)16-21-23-17(24-22-16)15-6-4-5-11-19-15/h4-11,20H,12H2,1-3H3. The van der Waals surface area contributed by atoms with Crippen LogP contribution >= 0.6 is 0 Å². The van der Waals surface area contributed by atoms with Gasteiger partial charge in [-0.3, -0.25) is 4.98 Å². The van der Waals surface area contributed by atoms with Crippen molar-refractivity contribution in [1.29, 1.82) is 0 Å². The van der Waals surface area contributed by atoms with Crippen molar-refractivity contribution in [2.24, 2.45) is 0 Å². The zero-order valence-electron chi connectivity index (χ0n) is 14.1. The third-order valence-electron chi connectivity index (χ3n) is 3.41. The third kappa shape index (κ3) is 4.17. The number of aromatic nitrogens is 5. The van der Waals surface area contributed by atoms with Crippen molar-refractivity contribution in [3.05, 3.63) is 54.2 Å². The molecule has 0 saturated heterocycles. The minimum atomic E-state index is 0.0942. The Kier molecular flexibility index (Phi) is 4.57. The van der Waals surface area contributed by atoms with Crippen LogP contribution in [0.5, 0.6) is 0 Å². The lowest BCUT2D eigenvalue weighted by Gasteiger charge is -2.20. The van der Waals surface area contributed by atoms with Crippen LogP contribution in [0.3, 0.4) is 0 Å². The van der Waals surface area contributed by atoms with Gasteiger partial charge >= 0.3 is 0 Å². The monoisotopic (exact) mass is 320 g/mol. The van der Waals surface area contributed by atoms with Crippen LogP contribution in [0.2, 0.25) is 0 Å². The Morgan fingerprint density at radius 1 is 0.833 bits per heavy atom. The molecule has 1 aromatic carbocycles. The van der Waals surface area contributed by atoms with Gasteiger partial charge < -0.3 is 5.32 Å². The van der Waals surface area contributed by atoms with Gasteiger partial charge in [0.1, 0.15) is 5.69 Å². The van der Waals surface area contributed by atoms with E-state index in [9.17, 15) is 0 Å². The summed E-state index contributed by atoms with van der Waals surface area (Å²) in [5.41, 5.74) is 2.85. The number of nitrogens with zero attached hydrogens (tertiary/aromatic N) is 5. The normalized spacial score (nSPS) is 11.5. The van der Waals surface area contributed by atoms with Crippen molar-refractivity contribution in [1.82, 2.24) is 30.7 Å². The van der Waals surface area contributed by atoms with Gasteiger partial charge in [-0.25, -0.2) is 0 Å². The minimum Gasteiger partial charge on any atom is -0.308 e. The van der Waals surface area contributed by atoms with Crippen LogP contribution in [-0.2, 0) is 6.54 Å². The number of nitrogens with one attached hydrogen (secondary N) is 1. The van der Waals surface area contributed by atoms with Crippen molar-refractivity contribution in [2.75, 3.05) is 0 Å². The van der Waals surface area contributed by atoms with Crippen LogP contribution in [0.4, 0.5) is 0 Å². The minimum absolute atomic E-state index is 0.0942. The van der Waals surface area contributed by atoms with Gasteiger partial charge in [0, 0.05) is 23.8 Å². The van der Waals surface area contributed by atoms with Gasteiger partial charge in [0.05, 0.1) is 0 Å². The Hall–Kier alpha value is -2.73. The zero-order chi connectivity index (χ0) is 17.0. The first-order valence-electron chi connectivity index (χ1n) is 7.84. The molecule has 0 radical (unpaired) electrons. The topological polar surface area (TPSA) is 76.5 Å². The summed E-state index contributed by atoms with van der Waals surface area (Å²) in [6, 6.07) is 13.6. The second kappa shape index (κ2) is 6.80. The van der Waals surface area contributed by atoms with E-state index in [0.29, 0.717) is 17.3 Å². The van der Waals surface area contributed by atoms with Crippen LogP contribution in [0.25, 0.3) is 22.9 Å². The van der Waals surface area contributed by atoms with E-state index in [4.69, 9.17) is 0 Å². The zero-order valence-corrected chi connectivity index (χ0v) is 14.1. The lowest BCUT2D eigenvalue weighted by molar-refractivity contribution is 0.424. The Bertz CT molecular complexity index is 776. The van der Waals surface area contributed by atoms with Gasteiger partial charge in [-0.2, -0.15) is 0 Å². The largest absolute Gasteiger partial charge is 0.308 e. The molecule has 2 aromatic heterocycles. The molecule has 3 rings (SSSR count). The predicted octanol–water partition coefficient (Wildman–Crippen LogP) is 2.88. The van der Waals surface area contributed by atoms with Crippen molar-refractivity contribution < 1.29 is 0 Å². The Balaban J connectivity index is 1.73. The van der Waals surface area contributed by atoms with Crippen LogP contribution < -0.4 is 5.32 Å². The highest BCUT2D eigenvalue weighted by atomic mass is 15.3. The van der Waals surface area contributed by atoms with E-state index in [1.54, 1.807) is 6.20 Å². The lowest BCUT2D eigenvalue weighted by Crippen LogP contribution is -2.35. The molecular weight excluding hydrogens is 300 g/mol. The summed E-state index contributed by atoms with van der Waals surface area (Å²) in [6.45, 7) is 7.26. The van der Waals surface area contributed by atoms with Crippen molar-refractivity contribution in [2.45, 2.75) is 32.9 Å². The number of pyridine rings is 1. The highest BCUT2D eigenvalue weighted by Gasteiger charge is 2.09. The Morgan fingerprint density at radius 3 is 2.08 bits per heavy atom. The Labute approximate surface area is 141 Å². The summed E-state index contributed by atoms with van der Waals surface area (Å²) in [7, 11) is 0. The average Bonchev–Trinajstić information content (AvgIpc) is 2.61. The van der Waals surface area contributed by atoms with E-state index in [0.717, 1.165) is 12.1 Å². The molecule has 0 spiro atoms. The van der Waals surface area contributed by atoms with E-state index in [2.05, 4.69) is 63.6 Å². The fourth-order valence-electron chi connectivity index (χ4n) is 2.08. The van der Waals surface area contributed by atoms with Crippen LogP contribution in [-0.4, -0.2) is 30.9 Å². The van der Waals surface area contributed by atoms with Gasteiger partial charge in [-0.05, 0) is 38.5 Å². The maximum Gasteiger partial charge on any atom is 0.221 e. The lowest BCUT2D eigenvalue weighted by atomic mass is 10.1. The van der Waals surface area contributed by atoms with Gasteiger partial charge in [0.2, 0.25) is 11.6 Å². The molecule has 1 N–H and O–H groups in total. The van der Waals surface area contributed by atoms with Gasteiger partial charge in [0.25, 0.3) is 0 Å². The van der Waals surface area contributed by atoms with Crippen LogP contribution in [0.15, 0.2) is 48.7 Å². The van der Waals surface area contributed by atoms with E-state index in [1.807, 2.05) is 30.3 Å². The first-order valence-corrected chi connectivity index (χ1v) is 7.84. The summed E-state index contributed by atoms with van der Waals surface area (Å²) >= 11 is 0. The van der Waals surface area contributed by atoms with Crippen molar-refractivity contribution >= 4 is 0 Å². The fourth-order valence-corrected chi connectivity index (χ4v) is 2.08. The van der Waals surface area contributed by atoms with Crippen LogP contribution in [0.1, 0.15) is 26.3 Å². The van der Waals surface area contributed by atoms with Gasteiger partial charge in [0.15, 0.2) is 0 Å². The predicted molar refractivity (Wildman–Crippen MR) is 92.9 cm³/mol. The van der Waals surface area contributed by atoms with Crippen molar-refractivity contribution in [3.8, 4) is 22.9 Å². The second-order valence-corrected chi connectivity index (χ2v) is 6.56. The molecule has 0 saturated carbocycles. The molecule has 6 nitrogen and oxygen atoms in total. The molecule has 0 aliphatic rings. The molecule has 6 heteroatoms. The first kappa shape index (κ1) is 16.1. The molecule has 3 aromatic rings. The van der Waals surface area contributed by atoms with Crippen LogP contribution in [0, 0.1) is 0 Å². The summed E-state index contributed by atoms with van der Waals surface area (Å²) in [5.74, 6) is 0.926. The van der Waals surface area contributed by atoms with E-state index in [-0.39, 0.29) is 5.54 Å². The van der Waals surface area contributed by atoms with E-state index < -0.39 is 0 Å². The molecule has 24 heavy (non-hydrogen) atoms. The number of rotatable bonds is 4. The molecule has 0 amide bonds. The smallest absolute Gasteiger partial charge is 0.221 e. The molecular formula is C18H20N6. The van der Waals surface area contributed by atoms with E-state index in [1.165, 1.54) is 5.56 Å². The summed E-state index contributed by atoms with van der Waals surface area (Å²) < 4.78 is 0. The molecule has 0 atom stereocenters. The molecule has 122 valence electrons. The second-order valence-electron chi connectivity index (χ2n) is 6.56. The fraction of sp³-hybridized carbons (Fsp3) is 0.278. The molecule has 2 heterocycles. The molecule has 0 bridgehead atoms. The number of hydrogen-bond acceptors (Lipinski definition) is 6. The summed E-state index contributed by atoms with van der Waals surface area (Å²) in [5, 5.41) is 20.0. The highest BCUT2D eigenvalue weighted by Crippen LogP contribution is 2.16. The third-order valence-corrected chi connectivity index (χ3v) is 3.41. The van der Waals surface area contributed by atoms with Gasteiger partial charge in [-0.15, -0.1) is 20.4 Å². The summed E-state index contributed by atoms with van der Waals surface area (Å²) in [4.78, 5) is 4.19. The molecule has 0 fully saturated rings. The Morgan fingerprint density at radius 2 is 1.50 bits per heavy atom. The number of benzene rings is 1. The SMILES string of the molecule is CC(C)(C)NCc1ccc(-c2nnc(-c3ccccn3)nn2)cc1. The van der Waals surface area contributed by atoms with E-state index >= 15 is 0 Å². The number of hydrogen-bond donors (Lipinski definition) is 1. The quantitative estimate of drug-likeness (QED) is 0.796. The molecule has 0 unspecified atom stereocenters. The maximum absolute atomic E-state index is 4.19.